The van der Waals surface area contributed by atoms with Crippen LogP contribution in [-0.2, 0) is 0 Å². The van der Waals surface area contributed by atoms with Crippen LogP contribution in [0, 0.1) is 0 Å². The van der Waals surface area contributed by atoms with E-state index in [0.29, 0.717) is 27.1 Å². The van der Waals surface area contributed by atoms with Gasteiger partial charge >= 0.3 is 0 Å². The highest BCUT2D eigenvalue weighted by molar-refractivity contribution is 7.17. The predicted octanol–water partition coefficient (Wildman–Crippen LogP) is 3.41. The maximum atomic E-state index is 12.7. The van der Waals surface area contributed by atoms with Gasteiger partial charge in [0.05, 0.1) is 5.70 Å². The third-order valence-corrected chi connectivity index (χ3v) is 5.98. The molecule has 0 amide bonds. The van der Waals surface area contributed by atoms with Crippen LogP contribution in [0.15, 0.2) is 36.0 Å². The number of nitrogens with one attached hydrogen (secondary N) is 1. The molecule has 1 N–H and O–H groups in total. The Balaban J connectivity index is 1.50. The van der Waals surface area contributed by atoms with Crippen molar-refractivity contribution in [2.45, 2.75) is 12.8 Å². The van der Waals surface area contributed by atoms with Crippen molar-refractivity contribution in [1.82, 2.24) is 15.2 Å². The topological polar surface area (TPSA) is 62.3 Å². The predicted molar refractivity (Wildman–Crippen MR) is 103 cm³/mol. The molecule has 1 aliphatic carbocycles. The van der Waals surface area contributed by atoms with E-state index in [1.54, 1.807) is 12.1 Å². The zero-order valence-electron chi connectivity index (χ0n) is 14.1. The van der Waals surface area contributed by atoms with E-state index in [-0.39, 0.29) is 17.3 Å². The van der Waals surface area contributed by atoms with E-state index >= 15 is 0 Å². The summed E-state index contributed by atoms with van der Waals surface area (Å²) in [6.45, 7) is 3.75. The fourth-order valence-corrected chi connectivity index (χ4v) is 4.39. The Morgan fingerprint density at radius 1 is 1.15 bits per heavy atom. The summed E-state index contributed by atoms with van der Waals surface area (Å²) in [5.41, 5.74) is 1.46. The Bertz CT molecular complexity index is 883. The Kier molecular flexibility index (Phi) is 4.89. The summed E-state index contributed by atoms with van der Waals surface area (Å²) in [4.78, 5) is 32.3. The molecule has 1 fully saturated rings. The lowest BCUT2D eigenvalue weighted by atomic mass is 10.0. The van der Waals surface area contributed by atoms with Crippen LogP contribution < -0.4 is 5.32 Å². The van der Waals surface area contributed by atoms with Crippen LogP contribution in [0.3, 0.4) is 0 Å². The Morgan fingerprint density at radius 2 is 1.88 bits per heavy atom. The SMILES string of the molecule is O=C1C=C(NCCN2CCCC2)C(=O)c2sc(-c3ccc(Cl)cc3)nc21. The number of nitrogens with zero attached hydrogens (tertiary/aromatic N) is 2. The van der Waals surface area contributed by atoms with E-state index < -0.39 is 0 Å². The van der Waals surface area contributed by atoms with Crippen molar-refractivity contribution < 1.29 is 9.59 Å². The first kappa shape index (κ1) is 17.4. The smallest absolute Gasteiger partial charge is 0.221 e. The van der Waals surface area contributed by atoms with Gasteiger partial charge < -0.3 is 10.2 Å². The van der Waals surface area contributed by atoms with Crippen molar-refractivity contribution >= 4 is 34.5 Å². The first-order valence-corrected chi connectivity index (χ1v) is 9.85. The van der Waals surface area contributed by atoms with Crippen molar-refractivity contribution in [1.29, 1.82) is 0 Å². The summed E-state index contributed by atoms with van der Waals surface area (Å²) in [7, 11) is 0. The molecule has 1 aromatic heterocycles. The van der Waals surface area contributed by atoms with Gasteiger partial charge in [-0.3, -0.25) is 9.59 Å². The molecule has 26 heavy (non-hydrogen) atoms. The molecule has 0 radical (unpaired) electrons. The van der Waals surface area contributed by atoms with Gasteiger partial charge in [0.2, 0.25) is 11.6 Å². The average molecular weight is 388 g/mol. The molecule has 2 heterocycles. The average Bonchev–Trinajstić information content (AvgIpc) is 3.30. The zero-order valence-corrected chi connectivity index (χ0v) is 15.7. The monoisotopic (exact) mass is 387 g/mol. The van der Waals surface area contributed by atoms with Gasteiger partial charge in [-0.15, -0.1) is 11.3 Å². The number of fused-ring (bicyclic) bond motifs is 1. The van der Waals surface area contributed by atoms with Gasteiger partial charge in [-0.25, -0.2) is 4.98 Å². The Hall–Kier alpha value is -2.02. The molecule has 0 saturated carbocycles. The summed E-state index contributed by atoms with van der Waals surface area (Å²) < 4.78 is 0. The largest absolute Gasteiger partial charge is 0.380 e. The number of benzene rings is 1. The summed E-state index contributed by atoms with van der Waals surface area (Å²) in [5, 5.41) is 4.42. The van der Waals surface area contributed by atoms with Gasteiger partial charge in [0.15, 0.2) is 0 Å². The molecule has 0 unspecified atom stereocenters. The fourth-order valence-electron chi connectivity index (χ4n) is 3.23. The lowest BCUT2D eigenvalue weighted by Crippen LogP contribution is -2.33. The molecular weight excluding hydrogens is 370 g/mol. The Labute approximate surface area is 160 Å². The van der Waals surface area contributed by atoms with E-state index in [4.69, 9.17) is 11.6 Å². The van der Waals surface area contributed by atoms with Gasteiger partial charge in [0.1, 0.15) is 15.6 Å². The molecular formula is C19H18ClN3O2S. The van der Waals surface area contributed by atoms with Crippen molar-refractivity contribution in [3.63, 3.8) is 0 Å². The third-order valence-electron chi connectivity index (χ3n) is 4.62. The molecule has 1 saturated heterocycles. The summed E-state index contributed by atoms with van der Waals surface area (Å²) >= 11 is 7.17. The summed E-state index contributed by atoms with van der Waals surface area (Å²) in [5.74, 6) is -0.376. The molecule has 2 aliphatic rings. The standard InChI is InChI=1S/C19H18ClN3O2S/c20-13-5-3-12(4-6-13)19-22-16-15(24)11-14(17(25)18(16)26-19)21-7-10-23-8-1-2-9-23/h3-6,11,21H,1-2,7-10H2. The van der Waals surface area contributed by atoms with Gasteiger partial charge in [-0.05, 0) is 38.1 Å². The van der Waals surface area contributed by atoms with E-state index in [0.717, 1.165) is 25.2 Å². The molecule has 2 aromatic rings. The van der Waals surface area contributed by atoms with Crippen molar-refractivity contribution in [2.75, 3.05) is 26.2 Å². The second-order valence-electron chi connectivity index (χ2n) is 6.43. The lowest BCUT2D eigenvalue weighted by molar-refractivity contribution is 0.0978. The first-order chi connectivity index (χ1) is 12.6. The Morgan fingerprint density at radius 3 is 2.62 bits per heavy atom. The van der Waals surface area contributed by atoms with E-state index in [2.05, 4.69) is 15.2 Å². The highest BCUT2D eigenvalue weighted by Gasteiger charge is 2.30. The number of aromatic nitrogens is 1. The minimum absolute atomic E-state index is 0.154. The number of Topliss-reactive ketones (excluding diaryl/α,β-unsaturated/α-hetero) is 1. The van der Waals surface area contributed by atoms with E-state index in [1.807, 2.05) is 12.1 Å². The number of carbonyl (C=O) groups is 2. The van der Waals surface area contributed by atoms with Crippen LogP contribution in [-0.4, -0.2) is 47.6 Å². The van der Waals surface area contributed by atoms with Crippen LogP contribution in [0.4, 0.5) is 0 Å². The minimum Gasteiger partial charge on any atom is -0.380 e. The van der Waals surface area contributed by atoms with Crippen LogP contribution in [0.1, 0.15) is 33.0 Å². The number of hydrogen-bond donors (Lipinski definition) is 1. The molecule has 134 valence electrons. The van der Waals surface area contributed by atoms with Crippen LogP contribution in [0.2, 0.25) is 5.02 Å². The molecule has 4 rings (SSSR count). The number of allylic oxidation sites excluding steroid dienone is 2. The van der Waals surface area contributed by atoms with Crippen molar-refractivity contribution in [3.05, 3.63) is 51.6 Å². The molecule has 1 aromatic carbocycles. The van der Waals surface area contributed by atoms with Crippen LogP contribution >= 0.6 is 22.9 Å². The highest BCUT2D eigenvalue weighted by atomic mass is 35.5. The molecule has 5 nitrogen and oxygen atoms in total. The van der Waals surface area contributed by atoms with Gasteiger partial charge in [0.25, 0.3) is 0 Å². The van der Waals surface area contributed by atoms with Crippen molar-refractivity contribution in [3.8, 4) is 10.6 Å². The van der Waals surface area contributed by atoms with Crippen molar-refractivity contribution in [2.24, 2.45) is 0 Å². The van der Waals surface area contributed by atoms with Crippen LogP contribution in [0.5, 0.6) is 0 Å². The number of halogens is 1. The molecule has 7 heteroatoms. The van der Waals surface area contributed by atoms with Gasteiger partial charge in [-0.2, -0.15) is 0 Å². The molecule has 0 atom stereocenters. The minimum atomic E-state index is -0.222. The second-order valence-corrected chi connectivity index (χ2v) is 7.87. The first-order valence-electron chi connectivity index (χ1n) is 8.65. The number of carbonyl (C=O) groups excluding carboxylic acids is 2. The number of likely N-dealkylation sites (tertiary alicyclic amines) is 1. The van der Waals surface area contributed by atoms with Gasteiger partial charge in [0, 0.05) is 29.8 Å². The number of rotatable bonds is 5. The highest BCUT2D eigenvalue weighted by Crippen LogP contribution is 2.32. The van der Waals surface area contributed by atoms with Crippen LogP contribution in [0.25, 0.3) is 10.6 Å². The van der Waals surface area contributed by atoms with Gasteiger partial charge in [-0.1, -0.05) is 23.7 Å². The normalized spacial score (nSPS) is 17.3. The van der Waals surface area contributed by atoms with E-state index in [1.165, 1.54) is 30.3 Å². The van der Waals surface area contributed by atoms with E-state index in [9.17, 15) is 9.59 Å². The second kappa shape index (κ2) is 7.31. The maximum Gasteiger partial charge on any atom is 0.221 e. The maximum absolute atomic E-state index is 12.7. The lowest BCUT2D eigenvalue weighted by Gasteiger charge is -2.17. The molecule has 0 bridgehead atoms. The quantitative estimate of drug-likeness (QED) is 0.851. The number of ketones is 2. The molecule has 0 spiro atoms. The summed E-state index contributed by atoms with van der Waals surface area (Å²) in [6.07, 6.45) is 3.84. The summed E-state index contributed by atoms with van der Waals surface area (Å²) in [6, 6.07) is 7.21. The molecule has 1 aliphatic heterocycles. The fraction of sp³-hybridized carbons (Fsp3) is 0.316. The number of thiazole rings is 1. The zero-order chi connectivity index (χ0) is 18.1. The number of hydrogen-bond acceptors (Lipinski definition) is 6. The third kappa shape index (κ3) is 3.45.